The number of rotatable bonds is 3. The van der Waals surface area contributed by atoms with Gasteiger partial charge in [0.05, 0.1) is 23.2 Å². The van der Waals surface area contributed by atoms with E-state index in [1.54, 1.807) is 12.3 Å². The van der Waals surface area contributed by atoms with Gasteiger partial charge in [-0.15, -0.1) is 0 Å². The molecule has 0 unspecified atom stereocenters. The van der Waals surface area contributed by atoms with Crippen LogP contribution in [0.2, 0.25) is 0 Å². The minimum atomic E-state index is -1.12. The molecule has 3 aromatic rings. The average molecular weight is 311 g/mol. The molecule has 3 heterocycles. The minimum Gasteiger partial charge on any atom is -0.478 e. The van der Waals surface area contributed by atoms with E-state index < -0.39 is 11.8 Å². The summed E-state index contributed by atoms with van der Waals surface area (Å²) in [4.78, 5) is 26.2. The van der Waals surface area contributed by atoms with Crippen molar-refractivity contribution in [3.63, 3.8) is 0 Å². The molecule has 3 N–H and O–H groups in total. The Kier molecular flexibility index (Phi) is 2.83. The highest BCUT2D eigenvalue weighted by atomic mass is 19.1. The summed E-state index contributed by atoms with van der Waals surface area (Å²) in [7, 11) is 0. The van der Waals surface area contributed by atoms with Crippen LogP contribution < -0.4 is 5.32 Å². The fourth-order valence-corrected chi connectivity index (χ4v) is 2.58. The Morgan fingerprint density at radius 2 is 2.22 bits per heavy atom. The molecule has 2 aromatic heterocycles. The third-order valence-corrected chi connectivity index (χ3v) is 3.67. The summed E-state index contributed by atoms with van der Waals surface area (Å²) in [6, 6.07) is 3.04. The smallest absolute Gasteiger partial charge is 0.338 e. The highest BCUT2D eigenvalue weighted by Crippen LogP contribution is 2.29. The lowest BCUT2D eigenvalue weighted by Gasteiger charge is -2.10. The Balaban J connectivity index is 1.83. The second-order valence-corrected chi connectivity index (χ2v) is 5.08. The van der Waals surface area contributed by atoms with Gasteiger partial charge in [0, 0.05) is 12.4 Å². The maximum absolute atomic E-state index is 14.2. The number of halogens is 1. The number of fused-ring (bicyclic) bond motifs is 2. The number of benzene rings is 1. The van der Waals surface area contributed by atoms with Gasteiger partial charge in [-0.3, -0.25) is 4.99 Å². The molecule has 0 radical (unpaired) electrons. The number of hydrogen-bond donors (Lipinski definition) is 3. The molecule has 0 fully saturated rings. The molecule has 114 valence electrons. The van der Waals surface area contributed by atoms with Crippen molar-refractivity contribution in [3.8, 4) is 0 Å². The third-order valence-electron chi connectivity index (χ3n) is 3.67. The van der Waals surface area contributed by atoms with Crippen molar-refractivity contribution in [3.05, 3.63) is 47.2 Å². The summed E-state index contributed by atoms with van der Waals surface area (Å²) in [6.45, 7) is 0.464. The molecule has 0 atom stereocenters. The molecule has 0 bridgehead atoms. The first-order valence-corrected chi connectivity index (χ1v) is 6.78. The van der Waals surface area contributed by atoms with E-state index in [0.29, 0.717) is 17.6 Å². The Hall–Kier alpha value is -3.29. The number of aromatic nitrogens is 3. The predicted molar refractivity (Wildman–Crippen MR) is 81.8 cm³/mol. The van der Waals surface area contributed by atoms with Crippen LogP contribution in [0.5, 0.6) is 0 Å². The van der Waals surface area contributed by atoms with Gasteiger partial charge in [0.25, 0.3) is 0 Å². The van der Waals surface area contributed by atoms with Crippen molar-refractivity contribution in [2.45, 2.75) is 6.54 Å². The molecule has 23 heavy (non-hydrogen) atoms. The molecule has 7 nitrogen and oxygen atoms in total. The monoisotopic (exact) mass is 311 g/mol. The number of nitrogens with zero attached hydrogens (tertiary/aromatic N) is 3. The minimum absolute atomic E-state index is 0.0197. The van der Waals surface area contributed by atoms with Gasteiger partial charge in [-0.05, 0) is 23.3 Å². The normalized spacial score (nSPS) is 12.6. The highest BCUT2D eigenvalue weighted by molar-refractivity contribution is 6.07. The fraction of sp³-hybridized carbons (Fsp3) is 0.0667. The van der Waals surface area contributed by atoms with Crippen molar-refractivity contribution < 1.29 is 14.3 Å². The molecule has 1 aliphatic heterocycles. The van der Waals surface area contributed by atoms with Gasteiger partial charge < -0.3 is 15.4 Å². The number of H-pyrrole nitrogens is 1. The van der Waals surface area contributed by atoms with Crippen molar-refractivity contribution in [1.29, 1.82) is 0 Å². The number of nitrogens with one attached hydrogen (secondary N) is 2. The summed E-state index contributed by atoms with van der Waals surface area (Å²) in [5, 5.41) is 12.4. The number of hydrogen-bond acceptors (Lipinski definition) is 5. The van der Waals surface area contributed by atoms with Crippen molar-refractivity contribution in [2.75, 3.05) is 5.32 Å². The molecular weight excluding hydrogens is 301 g/mol. The van der Waals surface area contributed by atoms with E-state index in [9.17, 15) is 14.3 Å². The largest absolute Gasteiger partial charge is 0.478 e. The zero-order valence-corrected chi connectivity index (χ0v) is 11.7. The highest BCUT2D eigenvalue weighted by Gasteiger charge is 2.18. The lowest BCUT2D eigenvalue weighted by molar-refractivity contribution is 0.0699. The average Bonchev–Trinajstić information content (AvgIpc) is 3.14. The lowest BCUT2D eigenvalue weighted by Crippen LogP contribution is -2.02. The van der Waals surface area contributed by atoms with Crippen LogP contribution in [0.4, 0.5) is 15.9 Å². The van der Waals surface area contributed by atoms with E-state index >= 15 is 0 Å². The summed E-state index contributed by atoms with van der Waals surface area (Å²) < 4.78 is 14.2. The first-order chi connectivity index (χ1) is 11.1. The van der Waals surface area contributed by atoms with Crippen molar-refractivity contribution in [1.82, 2.24) is 15.0 Å². The van der Waals surface area contributed by atoms with Gasteiger partial charge >= 0.3 is 5.97 Å². The van der Waals surface area contributed by atoms with E-state index in [0.717, 1.165) is 11.1 Å². The molecule has 0 spiro atoms. The van der Waals surface area contributed by atoms with Crippen LogP contribution in [0.25, 0.3) is 11.0 Å². The first kappa shape index (κ1) is 13.4. The molecule has 0 amide bonds. The number of carbonyl (C=O) groups is 1. The van der Waals surface area contributed by atoms with E-state index in [1.807, 2.05) is 0 Å². The number of aliphatic imine (C=N–C) groups is 1. The van der Waals surface area contributed by atoms with Crippen LogP contribution in [-0.4, -0.2) is 32.2 Å². The van der Waals surface area contributed by atoms with Gasteiger partial charge in [0.1, 0.15) is 23.6 Å². The fourth-order valence-electron chi connectivity index (χ4n) is 2.58. The van der Waals surface area contributed by atoms with Crippen LogP contribution >= 0.6 is 0 Å². The van der Waals surface area contributed by atoms with Gasteiger partial charge in [-0.1, -0.05) is 0 Å². The molecule has 8 heteroatoms. The number of aromatic carboxylic acids is 1. The second-order valence-electron chi connectivity index (χ2n) is 5.08. The van der Waals surface area contributed by atoms with Crippen LogP contribution in [0, 0.1) is 5.82 Å². The van der Waals surface area contributed by atoms with Gasteiger partial charge in [0.15, 0.2) is 0 Å². The molecule has 0 saturated carbocycles. The zero-order valence-electron chi connectivity index (χ0n) is 11.7. The summed E-state index contributed by atoms with van der Waals surface area (Å²) >= 11 is 0. The summed E-state index contributed by atoms with van der Waals surface area (Å²) in [5.41, 5.74) is 2.23. The predicted octanol–water partition coefficient (Wildman–Crippen LogP) is 2.47. The van der Waals surface area contributed by atoms with Gasteiger partial charge in [-0.25, -0.2) is 19.2 Å². The number of carboxylic acids is 1. The van der Waals surface area contributed by atoms with Crippen molar-refractivity contribution >= 4 is 34.7 Å². The summed E-state index contributed by atoms with van der Waals surface area (Å²) in [6.07, 6.45) is 4.28. The van der Waals surface area contributed by atoms with Gasteiger partial charge in [-0.2, -0.15) is 0 Å². The van der Waals surface area contributed by atoms with E-state index in [1.165, 1.54) is 18.6 Å². The molecule has 0 aliphatic carbocycles. The van der Waals surface area contributed by atoms with E-state index in [-0.39, 0.29) is 17.1 Å². The van der Waals surface area contributed by atoms with Gasteiger partial charge in [0.2, 0.25) is 0 Å². The molecule has 0 saturated heterocycles. The molecule has 1 aromatic carbocycles. The number of aromatic amines is 1. The van der Waals surface area contributed by atoms with Crippen molar-refractivity contribution in [2.24, 2.45) is 4.99 Å². The number of carboxylic acid groups (broad SMARTS) is 1. The molecule has 1 aliphatic rings. The van der Waals surface area contributed by atoms with E-state index in [2.05, 4.69) is 25.3 Å². The zero-order chi connectivity index (χ0) is 16.0. The van der Waals surface area contributed by atoms with Crippen LogP contribution in [0.3, 0.4) is 0 Å². The Labute approximate surface area is 128 Å². The number of anilines is 2. The third kappa shape index (κ3) is 2.11. The standard InChI is InChI=1S/C15H10FN5O2/c16-10-1-7-3-17-4-8(7)2-11(10)21-14-12-9(15(22)23)5-18-13(12)19-6-20-14/h1-2,4-6H,3H2,(H,22,23)(H2,18,19,20,21). The molecule has 4 rings (SSSR count). The Morgan fingerprint density at radius 1 is 1.35 bits per heavy atom. The maximum atomic E-state index is 14.2. The lowest BCUT2D eigenvalue weighted by atomic mass is 10.1. The maximum Gasteiger partial charge on any atom is 0.338 e. The Morgan fingerprint density at radius 3 is 3.04 bits per heavy atom. The SMILES string of the molecule is O=C(O)c1c[nH]c2ncnc(Nc3cc4c(cc3F)CN=C4)c12. The van der Waals surface area contributed by atoms with Crippen LogP contribution in [-0.2, 0) is 6.54 Å². The van der Waals surface area contributed by atoms with E-state index in [4.69, 9.17) is 0 Å². The quantitative estimate of drug-likeness (QED) is 0.689. The Bertz CT molecular complexity index is 979. The second kappa shape index (κ2) is 4.87. The first-order valence-electron chi connectivity index (χ1n) is 6.78. The van der Waals surface area contributed by atoms with Crippen LogP contribution in [0.15, 0.2) is 29.6 Å². The summed E-state index contributed by atoms with van der Waals surface area (Å²) in [5.74, 6) is -1.34. The topological polar surface area (TPSA) is 103 Å². The van der Waals surface area contributed by atoms with Crippen LogP contribution in [0.1, 0.15) is 21.5 Å². The molecular formula is C15H10FN5O2.